The number of likely N-dealkylation sites (tertiary alicyclic amines) is 1. The third kappa shape index (κ3) is 7.47. The average Bonchev–Trinajstić information content (AvgIpc) is 3.41. The SMILES string of the molecule is CCOC(=O)[C@H]1C[C@H]1CCCCCCC[C@H](Nc1ccccc1)C(=O)N1CCC[C@H]1C(N)=O. The van der Waals surface area contributed by atoms with Crippen LogP contribution in [0.3, 0.4) is 0 Å². The summed E-state index contributed by atoms with van der Waals surface area (Å²) in [5.41, 5.74) is 6.44. The van der Waals surface area contributed by atoms with Crippen LogP contribution >= 0.6 is 0 Å². The lowest BCUT2D eigenvalue weighted by molar-refractivity contribution is -0.145. The summed E-state index contributed by atoms with van der Waals surface area (Å²) in [5, 5.41) is 3.38. The van der Waals surface area contributed by atoms with Crippen LogP contribution in [0, 0.1) is 11.8 Å². The molecule has 1 aromatic rings. The maximum Gasteiger partial charge on any atom is 0.309 e. The lowest BCUT2D eigenvalue weighted by Gasteiger charge is -2.28. The lowest BCUT2D eigenvalue weighted by Crippen LogP contribution is -2.49. The van der Waals surface area contributed by atoms with Crippen molar-refractivity contribution in [2.75, 3.05) is 18.5 Å². The first-order valence-electron chi connectivity index (χ1n) is 12.6. The van der Waals surface area contributed by atoms with Gasteiger partial charge in [-0.25, -0.2) is 0 Å². The normalized spacial score (nSPS) is 22.6. The zero-order chi connectivity index (χ0) is 23.6. The van der Waals surface area contributed by atoms with Crippen molar-refractivity contribution < 1.29 is 19.1 Å². The van der Waals surface area contributed by atoms with Gasteiger partial charge in [-0.05, 0) is 57.1 Å². The molecular weight excluding hydrogens is 418 g/mol. The summed E-state index contributed by atoms with van der Waals surface area (Å²) < 4.78 is 5.09. The summed E-state index contributed by atoms with van der Waals surface area (Å²) in [6, 6.07) is 8.90. The van der Waals surface area contributed by atoms with Crippen molar-refractivity contribution in [3.63, 3.8) is 0 Å². The number of amides is 2. The maximum atomic E-state index is 13.3. The molecule has 0 aromatic heterocycles. The molecule has 182 valence electrons. The van der Waals surface area contributed by atoms with Crippen LogP contribution in [0.5, 0.6) is 0 Å². The molecule has 7 nitrogen and oxygen atoms in total. The summed E-state index contributed by atoms with van der Waals surface area (Å²) in [6.45, 7) is 2.91. The molecule has 2 amide bonds. The van der Waals surface area contributed by atoms with E-state index in [4.69, 9.17) is 10.5 Å². The Kier molecular flexibility index (Phi) is 9.58. The molecular formula is C26H39N3O4. The molecule has 2 fully saturated rings. The number of esters is 1. The van der Waals surface area contributed by atoms with Crippen LogP contribution in [0.4, 0.5) is 5.69 Å². The van der Waals surface area contributed by atoms with Gasteiger partial charge in [0.1, 0.15) is 12.1 Å². The van der Waals surface area contributed by atoms with E-state index < -0.39 is 11.9 Å². The van der Waals surface area contributed by atoms with E-state index in [1.165, 1.54) is 0 Å². The zero-order valence-electron chi connectivity index (χ0n) is 19.8. The largest absolute Gasteiger partial charge is 0.466 e. The number of unbranched alkanes of at least 4 members (excludes halogenated alkanes) is 4. The van der Waals surface area contributed by atoms with E-state index in [-0.39, 0.29) is 23.8 Å². The van der Waals surface area contributed by atoms with Crippen molar-refractivity contribution in [2.24, 2.45) is 17.6 Å². The predicted octanol–water partition coefficient (Wildman–Crippen LogP) is 3.87. The van der Waals surface area contributed by atoms with Gasteiger partial charge in [-0.1, -0.05) is 50.3 Å². The van der Waals surface area contributed by atoms with Gasteiger partial charge in [0.25, 0.3) is 0 Å². The molecule has 1 aliphatic carbocycles. The van der Waals surface area contributed by atoms with E-state index in [0.29, 0.717) is 25.5 Å². The number of nitrogens with two attached hydrogens (primary N) is 1. The molecule has 0 bridgehead atoms. The average molecular weight is 458 g/mol. The van der Waals surface area contributed by atoms with Crippen LogP contribution in [0.15, 0.2) is 30.3 Å². The molecule has 0 unspecified atom stereocenters. The van der Waals surface area contributed by atoms with Crippen molar-refractivity contribution in [3.8, 4) is 0 Å². The Morgan fingerprint density at radius 1 is 1.12 bits per heavy atom. The summed E-state index contributed by atoms with van der Waals surface area (Å²) >= 11 is 0. The molecule has 1 saturated heterocycles. The number of carbonyl (C=O) groups is 3. The van der Waals surface area contributed by atoms with Crippen LogP contribution < -0.4 is 11.1 Å². The van der Waals surface area contributed by atoms with Crippen molar-refractivity contribution in [3.05, 3.63) is 30.3 Å². The third-order valence-electron chi connectivity index (χ3n) is 6.86. The first-order chi connectivity index (χ1) is 16.0. The monoisotopic (exact) mass is 457 g/mol. The second kappa shape index (κ2) is 12.6. The van der Waals surface area contributed by atoms with Crippen molar-refractivity contribution in [2.45, 2.75) is 83.2 Å². The van der Waals surface area contributed by atoms with Crippen LogP contribution in [-0.4, -0.2) is 47.9 Å². The lowest BCUT2D eigenvalue weighted by atomic mass is 10.0. The molecule has 1 heterocycles. The zero-order valence-corrected chi connectivity index (χ0v) is 19.8. The van der Waals surface area contributed by atoms with Gasteiger partial charge in [0.2, 0.25) is 11.8 Å². The standard InChI is InChI=1S/C26H39N3O4/c1-2-33-26(32)21-18-19(21)12-7-4-3-5-10-15-22(28-20-13-8-6-9-14-20)25(31)29-17-11-16-23(29)24(27)30/h6,8-9,13-14,19,21-23,28H,2-5,7,10-12,15-18H2,1H3,(H2,27,30)/t19-,21+,22+,23+/m1/s1. The minimum atomic E-state index is -0.488. The van der Waals surface area contributed by atoms with E-state index in [0.717, 1.165) is 63.5 Å². The Labute approximate surface area is 197 Å². The quantitative estimate of drug-likeness (QED) is 0.326. The van der Waals surface area contributed by atoms with Gasteiger partial charge in [-0.2, -0.15) is 0 Å². The Balaban J connectivity index is 1.40. The van der Waals surface area contributed by atoms with Gasteiger partial charge in [-0.15, -0.1) is 0 Å². The van der Waals surface area contributed by atoms with Gasteiger partial charge in [0, 0.05) is 12.2 Å². The summed E-state index contributed by atoms with van der Waals surface area (Å²) in [5.74, 6) is 0.176. The minimum absolute atomic E-state index is 0.0271. The van der Waals surface area contributed by atoms with E-state index in [9.17, 15) is 14.4 Å². The van der Waals surface area contributed by atoms with E-state index in [2.05, 4.69) is 5.32 Å². The number of carbonyl (C=O) groups excluding carboxylic acids is 3. The number of primary amides is 1. The number of nitrogens with one attached hydrogen (secondary N) is 1. The molecule has 1 aliphatic heterocycles. The Morgan fingerprint density at radius 3 is 2.58 bits per heavy atom. The first-order valence-corrected chi connectivity index (χ1v) is 12.6. The maximum absolute atomic E-state index is 13.3. The van der Waals surface area contributed by atoms with Crippen molar-refractivity contribution in [1.29, 1.82) is 0 Å². The number of hydrogen-bond acceptors (Lipinski definition) is 5. The number of para-hydroxylation sites is 1. The molecule has 3 N–H and O–H groups in total. The molecule has 1 aromatic carbocycles. The number of benzene rings is 1. The van der Waals surface area contributed by atoms with Crippen LogP contribution in [0.25, 0.3) is 0 Å². The highest BCUT2D eigenvalue weighted by Gasteiger charge is 2.43. The molecule has 0 spiro atoms. The molecule has 33 heavy (non-hydrogen) atoms. The van der Waals surface area contributed by atoms with Crippen LogP contribution in [0.1, 0.15) is 71.1 Å². The molecule has 3 rings (SSSR count). The highest BCUT2D eigenvalue weighted by molar-refractivity contribution is 5.91. The van der Waals surface area contributed by atoms with Gasteiger partial charge >= 0.3 is 5.97 Å². The molecule has 4 atom stereocenters. The predicted molar refractivity (Wildman–Crippen MR) is 128 cm³/mol. The third-order valence-corrected chi connectivity index (χ3v) is 6.86. The second-order valence-electron chi connectivity index (χ2n) is 9.35. The highest BCUT2D eigenvalue weighted by Crippen LogP contribution is 2.43. The summed E-state index contributed by atoms with van der Waals surface area (Å²) in [4.78, 5) is 38.4. The van der Waals surface area contributed by atoms with Crippen LogP contribution in [0.2, 0.25) is 0 Å². The van der Waals surface area contributed by atoms with Gasteiger partial charge < -0.3 is 20.7 Å². The Morgan fingerprint density at radius 2 is 1.85 bits per heavy atom. The van der Waals surface area contributed by atoms with E-state index >= 15 is 0 Å². The van der Waals surface area contributed by atoms with Crippen LogP contribution in [-0.2, 0) is 19.1 Å². The highest BCUT2D eigenvalue weighted by atomic mass is 16.5. The number of ether oxygens (including phenoxy) is 1. The van der Waals surface area contributed by atoms with Gasteiger partial charge in [0.15, 0.2) is 0 Å². The van der Waals surface area contributed by atoms with E-state index in [1.54, 1.807) is 4.90 Å². The molecule has 7 heteroatoms. The first kappa shape index (κ1) is 25.1. The van der Waals surface area contributed by atoms with E-state index in [1.807, 2.05) is 37.3 Å². The molecule has 1 saturated carbocycles. The summed E-state index contributed by atoms with van der Waals surface area (Å²) in [7, 11) is 0. The topological polar surface area (TPSA) is 102 Å². The fourth-order valence-electron chi connectivity index (χ4n) is 4.91. The smallest absolute Gasteiger partial charge is 0.309 e. The number of nitrogens with zero attached hydrogens (tertiary/aromatic N) is 1. The summed E-state index contributed by atoms with van der Waals surface area (Å²) in [6.07, 6.45) is 9.68. The number of hydrogen-bond donors (Lipinski definition) is 2. The minimum Gasteiger partial charge on any atom is -0.466 e. The van der Waals surface area contributed by atoms with Gasteiger partial charge in [0.05, 0.1) is 12.5 Å². The van der Waals surface area contributed by atoms with Crippen molar-refractivity contribution in [1.82, 2.24) is 4.90 Å². The van der Waals surface area contributed by atoms with Gasteiger partial charge in [-0.3, -0.25) is 14.4 Å². The number of rotatable bonds is 14. The fourth-order valence-corrected chi connectivity index (χ4v) is 4.91. The fraction of sp³-hybridized carbons (Fsp3) is 0.654. The van der Waals surface area contributed by atoms with Crippen molar-refractivity contribution >= 4 is 23.5 Å². The second-order valence-corrected chi connectivity index (χ2v) is 9.35. The Bertz CT molecular complexity index is 785. The molecule has 2 aliphatic rings. The number of anilines is 1. The Hall–Kier alpha value is -2.57. The molecule has 0 radical (unpaired) electrons.